The lowest BCUT2D eigenvalue weighted by Gasteiger charge is -2.37. The van der Waals surface area contributed by atoms with Gasteiger partial charge in [0.25, 0.3) is 0 Å². The van der Waals surface area contributed by atoms with E-state index in [-0.39, 0.29) is 0 Å². The molecule has 1 aromatic carbocycles. The Hall–Kier alpha value is -0.450. The lowest BCUT2D eigenvalue weighted by Crippen LogP contribution is -2.39. The molecule has 16 heavy (non-hydrogen) atoms. The summed E-state index contributed by atoms with van der Waals surface area (Å²) in [5, 5.41) is 0. The molecule has 1 fully saturated rings. The number of nitrogen functional groups attached to an aromatic ring is 1. The Morgan fingerprint density at radius 2 is 2.25 bits per heavy atom. The minimum absolute atomic E-state index is 0.714. The fraction of sp³-hybridized carbons (Fsp3) is 0.538. The number of anilines is 2. The van der Waals surface area contributed by atoms with Crippen molar-refractivity contribution < 1.29 is 0 Å². The zero-order chi connectivity index (χ0) is 11.5. The van der Waals surface area contributed by atoms with Crippen molar-refractivity contribution in [2.45, 2.75) is 38.6 Å². The molecule has 1 unspecified atom stereocenters. The Balaban J connectivity index is 2.27. The highest BCUT2D eigenvalue weighted by atomic mass is 127. The normalized spacial score (nSPS) is 21.1. The van der Waals surface area contributed by atoms with Gasteiger partial charge in [0.1, 0.15) is 0 Å². The summed E-state index contributed by atoms with van der Waals surface area (Å²) in [7, 11) is 0. The van der Waals surface area contributed by atoms with Crippen molar-refractivity contribution in [2.24, 2.45) is 0 Å². The average molecular weight is 330 g/mol. The third-order valence-electron chi connectivity index (χ3n) is 3.38. The molecule has 3 heteroatoms. The number of piperidine rings is 1. The number of nitrogens with two attached hydrogens (primary N) is 1. The van der Waals surface area contributed by atoms with E-state index in [0.29, 0.717) is 6.04 Å². The summed E-state index contributed by atoms with van der Waals surface area (Å²) in [6.45, 7) is 3.48. The second-order valence-corrected chi connectivity index (χ2v) is 5.62. The van der Waals surface area contributed by atoms with Crippen LogP contribution in [0.2, 0.25) is 0 Å². The number of halogens is 1. The topological polar surface area (TPSA) is 29.3 Å². The fourth-order valence-electron chi connectivity index (χ4n) is 2.50. The van der Waals surface area contributed by atoms with Gasteiger partial charge in [-0.1, -0.05) is 6.92 Å². The Labute approximate surface area is 111 Å². The highest BCUT2D eigenvalue weighted by Gasteiger charge is 2.22. The third-order valence-corrected chi connectivity index (χ3v) is 4.24. The van der Waals surface area contributed by atoms with Crippen LogP contribution in [-0.2, 0) is 0 Å². The molecule has 0 amide bonds. The molecule has 0 bridgehead atoms. The molecular weight excluding hydrogens is 311 g/mol. The Morgan fingerprint density at radius 3 is 2.94 bits per heavy atom. The Kier molecular flexibility index (Phi) is 3.95. The predicted octanol–water partition coefficient (Wildman–Crippen LogP) is 3.64. The van der Waals surface area contributed by atoms with Gasteiger partial charge in [-0.3, -0.25) is 0 Å². The number of hydrogen-bond donors (Lipinski definition) is 1. The van der Waals surface area contributed by atoms with Crippen molar-refractivity contribution in [3.63, 3.8) is 0 Å². The Bertz CT molecular complexity index is 365. The summed E-state index contributed by atoms with van der Waals surface area (Å²) in [4.78, 5) is 2.56. The van der Waals surface area contributed by atoms with E-state index in [9.17, 15) is 0 Å². The summed E-state index contributed by atoms with van der Waals surface area (Å²) in [6.07, 6.45) is 5.26. The van der Waals surface area contributed by atoms with Crippen molar-refractivity contribution in [3.05, 3.63) is 21.8 Å². The van der Waals surface area contributed by atoms with Gasteiger partial charge in [-0.15, -0.1) is 0 Å². The van der Waals surface area contributed by atoms with E-state index in [0.717, 1.165) is 5.69 Å². The van der Waals surface area contributed by atoms with Crippen LogP contribution in [0.15, 0.2) is 18.2 Å². The van der Waals surface area contributed by atoms with Crippen molar-refractivity contribution in [1.82, 2.24) is 0 Å². The summed E-state index contributed by atoms with van der Waals surface area (Å²) in [6, 6.07) is 6.96. The number of hydrogen-bond acceptors (Lipinski definition) is 2. The van der Waals surface area contributed by atoms with Gasteiger partial charge in [0.05, 0.1) is 5.69 Å². The molecule has 0 spiro atoms. The SMILES string of the molecule is CCC1CCCCN1c1ccc(N)cc1I. The Morgan fingerprint density at radius 1 is 1.44 bits per heavy atom. The fourth-order valence-corrected chi connectivity index (χ4v) is 3.35. The van der Waals surface area contributed by atoms with Crippen LogP contribution in [0.25, 0.3) is 0 Å². The first-order chi connectivity index (χ1) is 7.72. The van der Waals surface area contributed by atoms with Crippen molar-refractivity contribution >= 4 is 34.0 Å². The van der Waals surface area contributed by atoms with E-state index < -0.39 is 0 Å². The van der Waals surface area contributed by atoms with Crippen molar-refractivity contribution in [2.75, 3.05) is 17.2 Å². The van der Waals surface area contributed by atoms with Crippen molar-refractivity contribution in [3.8, 4) is 0 Å². The van der Waals surface area contributed by atoms with Crippen LogP contribution in [0.5, 0.6) is 0 Å². The van der Waals surface area contributed by atoms with Gasteiger partial charge < -0.3 is 10.6 Å². The molecule has 0 radical (unpaired) electrons. The zero-order valence-corrected chi connectivity index (χ0v) is 11.9. The van der Waals surface area contributed by atoms with Gasteiger partial charge in [0.15, 0.2) is 0 Å². The van der Waals surface area contributed by atoms with E-state index in [4.69, 9.17) is 5.73 Å². The molecule has 1 aliphatic rings. The largest absolute Gasteiger partial charge is 0.399 e. The average Bonchev–Trinajstić information content (AvgIpc) is 2.29. The predicted molar refractivity (Wildman–Crippen MR) is 78.8 cm³/mol. The van der Waals surface area contributed by atoms with E-state index in [2.05, 4.69) is 46.5 Å². The van der Waals surface area contributed by atoms with Gasteiger partial charge >= 0.3 is 0 Å². The molecule has 2 nitrogen and oxygen atoms in total. The first-order valence-electron chi connectivity index (χ1n) is 6.04. The minimum Gasteiger partial charge on any atom is -0.399 e. The van der Waals surface area contributed by atoms with Crippen LogP contribution in [0.1, 0.15) is 32.6 Å². The van der Waals surface area contributed by atoms with E-state index in [1.54, 1.807) is 0 Å². The van der Waals surface area contributed by atoms with Crippen LogP contribution >= 0.6 is 22.6 Å². The van der Waals surface area contributed by atoms with Gasteiger partial charge in [-0.25, -0.2) is 0 Å². The number of rotatable bonds is 2. The molecule has 1 heterocycles. The number of benzene rings is 1. The highest BCUT2D eigenvalue weighted by molar-refractivity contribution is 14.1. The molecular formula is C13H19IN2. The molecule has 2 rings (SSSR count). The van der Waals surface area contributed by atoms with E-state index in [1.807, 2.05) is 6.07 Å². The quantitative estimate of drug-likeness (QED) is 0.663. The molecule has 1 saturated heterocycles. The van der Waals surface area contributed by atoms with E-state index >= 15 is 0 Å². The number of nitrogens with zero attached hydrogens (tertiary/aromatic N) is 1. The minimum atomic E-state index is 0.714. The third kappa shape index (κ3) is 2.44. The second-order valence-electron chi connectivity index (χ2n) is 4.46. The van der Waals surface area contributed by atoms with Crippen LogP contribution in [0.4, 0.5) is 11.4 Å². The molecule has 1 atom stereocenters. The maximum atomic E-state index is 5.80. The molecule has 0 aromatic heterocycles. The van der Waals surface area contributed by atoms with Gasteiger partial charge in [-0.05, 0) is 66.5 Å². The monoisotopic (exact) mass is 330 g/mol. The molecule has 1 aromatic rings. The smallest absolute Gasteiger partial charge is 0.0505 e. The van der Waals surface area contributed by atoms with Crippen LogP contribution in [-0.4, -0.2) is 12.6 Å². The molecule has 1 aliphatic heterocycles. The first-order valence-corrected chi connectivity index (χ1v) is 7.12. The summed E-state index contributed by atoms with van der Waals surface area (Å²) in [5.41, 5.74) is 8.02. The maximum Gasteiger partial charge on any atom is 0.0505 e. The standard InChI is InChI=1S/C13H19IN2/c1-2-11-5-3-4-8-16(11)13-7-6-10(15)9-12(13)14/h6-7,9,11H,2-5,8,15H2,1H3. The maximum absolute atomic E-state index is 5.80. The van der Waals surface area contributed by atoms with E-state index in [1.165, 1.54) is 41.5 Å². The molecule has 0 aliphatic carbocycles. The first kappa shape index (κ1) is 12.0. The summed E-state index contributed by atoms with van der Waals surface area (Å²) < 4.78 is 1.28. The molecule has 2 N–H and O–H groups in total. The molecule has 0 saturated carbocycles. The summed E-state index contributed by atoms with van der Waals surface area (Å²) >= 11 is 2.39. The van der Waals surface area contributed by atoms with Gasteiger partial charge in [0.2, 0.25) is 0 Å². The van der Waals surface area contributed by atoms with Gasteiger partial charge in [-0.2, -0.15) is 0 Å². The lowest BCUT2D eigenvalue weighted by molar-refractivity contribution is 0.449. The van der Waals surface area contributed by atoms with Crippen LogP contribution in [0.3, 0.4) is 0 Å². The zero-order valence-electron chi connectivity index (χ0n) is 9.75. The lowest BCUT2D eigenvalue weighted by atomic mass is 9.99. The van der Waals surface area contributed by atoms with Crippen LogP contribution < -0.4 is 10.6 Å². The van der Waals surface area contributed by atoms with Crippen molar-refractivity contribution in [1.29, 1.82) is 0 Å². The second kappa shape index (κ2) is 5.25. The molecule has 88 valence electrons. The highest BCUT2D eigenvalue weighted by Crippen LogP contribution is 2.31. The van der Waals surface area contributed by atoms with Gasteiger partial charge in [0, 0.05) is 21.8 Å². The van der Waals surface area contributed by atoms with Crippen LogP contribution in [0, 0.1) is 3.57 Å². The summed E-state index contributed by atoms with van der Waals surface area (Å²) in [5.74, 6) is 0.